The Balaban J connectivity index is 1.74. The average molecular weight is 371 g/mol. The Hall–Kier alpha value is -2.99. The van der Waals surface area contributed by atoms with E-state index < -0.39 is 5.82 Å². The van der Waals surface area contributed by atoms with Crippen LogP contribution in [0.25, 0.3) is 0 Å². The Labute approximate surface area is 155 Å². The van der Waals surface area contributed by atoms with Gasteiger partial charge >= 0.3 is 0 Å². The zero-order valence-electron chi connectivity index (χ0n) is 14.0. The summed E-state index contributed by atoms with van der Waals surface area (Å²) in [6, 6.07) is 15.4. The van der Waals surface area contributed by atoms with Crippen LogP contribution in [0.2, 0.25) is 5.02 Å². The molecular formula is C19H16ClFN4O. The second kappa shape index (κ2) is 7.93. The summed E-state index contributed by atoms with van der Waals surface area (Å²) in [5.41, 5.74) is 1.79. The lowest BCUT2D eigenvalue weighted by atomic mass is 10.2. The van der Waals surface area contributed by atoms with Crippen LogP contribution in [0.3, 0.4) is 0 Å². The number of amides is 1. The first-order chi connectivity index (χ1) is 12.5. The minimum atomic E-state index is -0.503. The second-order valence-electron chi connectivity index (χ2n) is 5.61. The monoisotopic (exact) mass is 370 g/mol. The third kappa shape index (κ3) is 4.55. The summed E-state index contributed by atoms with van der Waals surface area (Å²) < 4.78 is 13.3. The van der Waals surface area contributed by atoms with Gasteiger partial charge in [0.1, 0.15) is 23.2 Å². The van der Waals surface area contributed by atoms with E-state index in [1.807, 2.05) is 30.3 Å². The van der Waals surface area contributed by atoms with Crippen molar-refractivity contribution in [2.45, 2.75) is 13.5 Å². The van der Waals surface area contributed by atoms with Gasteiger partial charge in [-0.1, -0.05) is 41.9 Å². The molecule has 3 aromatic rings. The molecule has 0 saturated heterocycles. The Bertz CT molecular complexity index is 934. The number of nitrogens with one attached hydrogen (secondary N) is 2. The highest BCUT2D eigenvalue weighted by Gasteiger charge is 2.11. The van der Waals surface area contributed by atoms with Crippen LogP contribution in [0.1, 0.15) is 21.9 Å². The van der Waals surface area contributed by atoms with Crippen molar-refractivity contribution in [3.8, 4) is 0 Å². The van der Waals surface area contributed by atoms with Gasteiger partial charge in [0.15, 0.2) is 0 Å². The first kappa shape index (κ1) is 17.8. The van der Waals surface area contributed by atoms with E-state index in [2.05, 4.69) is 20.6 Å². The van der Waals surface area contributed by atoms with E-state index in [0.717, 1.165) is 5.56 Å². The molecule has 26 heavy (non-hydrogen) atoms. The minimum Gasteiger partial charge on any atom is -0.347 e. The summed E-state index contributed by atoms with van der Waals surface area (Å²) in [6.07, 6.45) is 0. The quantitative estimate of drug-likeness (QED) is 0.704. The summed E-state index contributed by atoms with van der Waals surface area (Å²) >= 11 is 5.78. The molecule has 0 saturated carbocycles. The molecule has 0 aliphatic heterocycles. The molecule has 1 amide bonds. The van der Waals surface area contributed by atoms with Crippen LogP contribution in [0.15, 0.2) is 54.6 Å². The van der Waals surface area contributed by atoms with Crippen molar-refractivity contribution in [1.82, 2.24) is 15.3 Å². The molecule has 5 nitrogen and oxygen atoms in total. The van der Waals surface area contributed by atoms with E-state index in [-0.39, 0.29) is 16.6 Å². The first-order valence-corrected chi connectivity index (χ1v) is 8.29. The van der Waals surface area contributed by atoms with Gasteiger partial charge in [0.2, 0.25) is 0 Å². The molecule has 0 atom stereocenters. The van der Waals surface area contributed by atoms with Crippen molar-refractivity contribution in [3.63, 3.8) is 0 Å². The van der Waals surface area contributed by atoms with Crippen molar-refractivity contribution in [2.24, 2.45) is 0 Å². The lowest BCUT2D eigenvalue weighted by Gasteiger charge is -2.10. The number of carbonyl (C=O) groups is 1. The van der Waals surface area contributed by atoms with Crippen LogP contribution in [0.5, 0.6) is 0 Å². The predicted octanol–water partition coefficient (Wildman–Crippen LogP) is 4.25. The highest BCUT2D eigenvalue weighted by atomic mass is 35.5. The molecule has 7 heteroatoms. The molecule has 0 radical (unpaired) electrons. The number of hydrogen-bond donors (Lipinski definition) is 2. The lowest BCUT2D eigenvalue weighted by Crippen LogP contribution is -2.24. The SMILES string of the molecule is Cc1nc(Nc2ccc(F)c(Cl)c2)cc(C(=O)NCc2ccccc2)n1. The van der Waals surface area contributed by atoms with E-state index in [1.165, 1.54) is 24.3 Å². The lowest BCUT2D eigenvalue weighted by molar-refractivity contribution is 0.0945. The summed E-state index contributed by atoms with van der Waals surface area (Å²) in [6.45, 7) is 2.09. The molecule has 3 rings (SSSR count). The number of halogens is 2. The zero-order valence-corrected chi connectivity index (χ0v) is 14.7. The molecule has 132 valence electrons. The molecule has 2 aromatic carbocycles. The third-order valence-corrected chi connectivity index (χ3v) is 3.85. The summed E-state index contributed by atoms with van der Waals surface area (Å²) in [5.74, 6) is 0.0507. The highest BCUT2D eigenvalue weighted by molar-refractivity contribution is 6.31. The Kier molecular flexibility index (Phi) is 5.43. The molecule has 0 spiro atoms. The van der Waals surface area contributed by atoms with Crippen molar-refractivity contribution in [3.05, 3.63) is 82.5 Å². The van der Waals surface area contributed by atoms with Gasteiger partial charge in [-0.05, 0) is 30.7 Å². The van der Waals surface area contributed by atoms with E-state index in [0.29, 0.717) is 23.9 Å². The van der Waals surface area contributed by atoms with Crippen LogP contribution in [0.4, 0.5) is 15.9 Å². The van der Waals surface area contributed by atoms with Gasteiger partial charge in [-0.2, -0.15) is 0 Å². The molecule has 2 N–H and O–H groups in total. The molecule has 0 aliphatic rings. The molecule has 0 fully saturated rings. The minimum absolute atomic E-state index is 0.00149. The largest absolute Gasteiger partial charge is 0.347 e. The van der Waals surface area contributed by atoms with E-state index >= 15 is 0 Å². The van der Waals surface area contributed by atoms with Crippen LogP contribution >= 0.6 is 11.6 Å². The van der Waals surface area contributed by atoms with Gasteiger partial charge in [-0.15, -0.1) is 0 Å². The Morgan fingerprint density at radius 2 is 1.88 bits per heavy atom. The first-order valence-electron chi connectivity index (χ1n) is 7.91. The Morgan fingerprint density at radius 1 is 1.12 bits per heavy atom. The normalized spacial score (nSPS) is 10.4. The average Bonchev–Trinajstić information content (AvgIpc) is 2.63. The second-order valence-corrected chi connectivity index (χ2v) is 6.02. The number of carbonyl (C=O) groups excluding carboxylic acids is 1. The van der Waals surface area contributed by atoms with E-state index in [4.69, 9.17) is 11.6 Å². The fourth-order valence-electron chi connectivity index (χ4n) is 2.34. The molecule has 0 bridgehead atoms. The van der Waals surface area contributed by atoms with Gasteiger partial charge in [-0.3, -0.25) is 4.79 Å². The standard InChI is InChI=1S/C19H16ClFN4O/c1-12-23-17(19(26)22-11-13-5-3-2-4-6-13)10-18(24-12)25-14-7-8-16(21)15(20)9-14/h2-10H,11H2,1H3,(H,22,26)(H,23,24,25). The van der Waals surface area contributed by atoms with Gasteiger partial charge in [0.25, 0.3) is 5.91 Å². The molecule has 0 unspecified atom stereocenters. The molecule has 1 aromatic heterocycles. The van der Waals surface area contributed by atoms with Gasteiger partial charge in [-0.25, -0.2) is 14.4 Å². The predicted molar refractivity (Wildman–Crippen MR) is 99.1 cm³/mol. The van der Waals surface area contributed by atoms with Crippen molar-refractivity contribution < 1.29 is 9.18 Å². The fourth-order valence-corrected chi connectivity index (χ4v) is 2.52. The van der Waals surface area contributed by atoms with E-state index in [9.17, 15) is 9.18 Å². The summed E-state index contributed by atoms with van der Waals surface area (Å²) in [5, 5.41) is 5.82. The van der Waals surface area contributed by atoms with Gasteiger partial charge in [0, 0.05) is 18.3 Å². The zero-order chi connectivity index (χ0) is 18.5. The number of anilines is 2. The van der Waals surface area contributed by atoms with Crippen molar-refractivity contribution >= 4 is 29.0 Å². The van der Waals surface area contributed by atoms with Crippen LogP contribution in [0, 0.1) is 12.7 Å². The molecular weight excluding hydrogens is 355 g/mol. The smallest absolute Gasteiger partial charge is 0.270 e. The third-order valence-electron chi connectivity index (χ3n) is 3.56. The fraction of sp³-hybridized carbons (Fsp3) is 0.105. The van der Waals surface area contributed by atoms with E-state index in [1.54, 1.807) is 6.92 Å². The maximum absolute atomic E-state index is 13.3. The maximum Gasteiger partial charge on any atom is 0.270 e. The number of benzene rings is 2. The van der Waals surface area contributed by atoms with Crippen LogP contribution in [-0.4, -0.2) is 15.9 Å². The maximum atomic E-state index is 13.3. The number of hydrogen-bond acceptors (Lipinski definition) is 4. The summed E-state index contributed by atoms with van der Waals surface area (Å²) in [4.78, 5) is 20.8. The van der Waals surface area contributed by atoms with Gasteiger partial charge in [0.05, 0.1) is 5.02 Å². The number of rotatable bonds is 5. The number of nitrogens with zero attached hydrogens (tertiary/aromatic N) is 2. The molecule has 1 heterocycles. The number of aromatic nitrogens is 2. The van der Waals surface area contributed by atoms with Crippen molar-refractivity contribution in [2.75, 3.05) is 5.32 Å². The molecule has 0 aliphatic carbocycles. The van der Waals surface area contributed by atoms with Crippen LogP contribution < -0.4 is 10.6 Å². The Morgan fingerprint density at radius 3 is 2.62 bits per heavy atom. The van der Waals surface area contributed by atoms with Crippen molar-refractivity contribution in [1.29, 1.82) is 0 Å². The van der Waals surface area contributed by atoms with Crippen LogP contribution in [-0.2, 0) is 6.54 Å². The highest BCUT2D eigenvalue weighted by Crippen LogP contribution is 2.22. The number of aryl methyl sites for hydroxylation is 1. The topological polar surface area (TPSA) is 66.9 Å². The van der Waals surface area contributed by atoms with Gasteiger partial charge < -0.3 is 10.6 Å². The summed E-state index contributed by atoms with van der Waals surface area (Å²) in [7, 11) is 0.